The van der Waals surface area contributed by atoms with Crippen molar-refractivity contribution in [2.24, 2.45) is 5.10 Å². The van der Waals surface area contributed by atoms with Crippen LogP contribution in [0.5, 0.6) is 0 Å². The first-order chi connectivity index (χ1) is 10.6. The summed E-state index contributed by atoms with van der Waals surface area (Å²) >= 11 is 0. The Morgan fingerprint density at radius 1 is 0.909 bits per heavy atom. The molecule has 5 nitrogen and oxygen atoms in total. The normalized spacial score (nSPS) is 10.9. The van der Waals surface area contributed by atoms with Crippen LogP contribution in [0, 0.1) is 6.92 Å². The van der Waals surface area contributed by atoms with E-state index in [1.54, 1.807) is 19.1 Å². The molecule has 0 aliphatic heterocycles. The second kappa shape index (κ2) is 7.17. The van der Waals surface area contributed by atoms with Gasteiger partial charge in [-0.15, -0.1) is 0 Å². The number of nitrogens with zero attached hydrogens (tertiary/aromatic N) is 1. The first-order valence-corrected chi connectivity index (χ1v) is 6.84. The minimum Gasteiger partial charge on any atom is -0.318 e. The van der Waals surface area contributed by atoms with E-state index in [1.807, 2.05) is 49.4 Å². The van der Waals surface area contributed by atoms with Crippen LogP contribution in [-0.4, -0.2) is 17.5 Å². The lowest BCUT2D eigenvalue weighted by Crippen LogP contribution is -2.32. The average Bonchev–Trinajstić information content (AvgIpc) is 2.55. The lowest BCUT2D eigenvalue weighted by atomic mass is 10.1. The summed E-state index contributed by atoms with van der Waals surface area (Å²) in [5.41, 5.74) is 5.39. The highest BCUT2D eigenvalue weighted by molar-refractivity contribution is 6.39. The van der Waals surface area contributed by atoms with Gasteiger partial charge in [0.2, 0.25) is 0 Å². The van der Waals surface area contributed by atoms with Crippen molar-refractivity contribution < 1.29 is 9.59 Å². The minimum atomic E-state index is -0.809. The maximum absolute atomic E-state index is 11.8. The molecule has 2 amide bonds. The van der Waals surface area contributed by atoms with Crippen molar-refractivity contribution in [3.8, 4) is 0 Å². The van der Waals surface area contributed by atoms with E-state index in [-0.39, 0.29) is 0 Å². The first-order valence-electron chi connectivity index (χ1n) is 6.84. The number of amides is 2. The van der Waals surface area contributed by atoms with E-state index in [2.05, 4.69) is 15.8 Å². The van der Waals surface area contributed by atoms with E-state index in [4.69, 9.17) is 0 Å². The molecule has 0 spiro atoms. The Morgan fingerprint density at radius 2 is 1.55 bits per heavy atom. The molecule has 0 aliphatic carbocycles. The molecule has 0 bridgehead atoms. The van der Waals surface area contributed by atoms with Gasteiger partial charge in [0.25, 0.3) is 0 Å². The van der Waals surface area contributed by atoms with E-state index < -0.39 is 11.8 Å². The van der Waals surface area contributed by atoms with Crippen LogP contribution >= 0.6 is 0 Å². The molecule has 2 aromatic carbocycles. The summed E-state index contributed by atoms with van der Waals surface area (Å²) in [5, 5.41) is 6.44. The molecular weight excluding hydrogens is 278 g/mol. The van der Waals surface area contributed by atoms with Gasteiger partial charge in [0.1, 0.15) is 0 Å². The van der Waals surface area contributed by atoms with E-state index in [9.17, 15) is 9.59 Å². The van der Waals surface area contributed by atoms with Crippen LogP contribution in [-0.2, 0) is 9.59 Å². The lowest BCUT2D eigenvalue weighted by molar-refractivity contribution is -0.136. The zero-order chi connectivity index (χ0) is 15.9. The van der Waals surface area contributed by atoms with Crippen molar-refractivity contribution in [2.45, 2.75) is 13.8 Å². The standard InChI is InChI=1S/C17H17N3O2/c1-12-8-10-15(11-9-12)18-16(21)17(22)20-19-13(2)14-6-4-3-5-7-14/h3-11H,1-2H3,(H,18,21)(H,20,22). The molecule has 0 saturated carbocycles. The molecule has 0 unspecified atom stereocenters. The largest absolute Gasteiger partial charge is 0.329 e. The fraction of sp³-hybridized carbons (Fsp3) is 0.118. The fourth-order valence-corrected chi connectivity index (χ4v) is 1.75. The van der Waals surface area contributed by atoms with Crippen LogP contribution in [0.3, 0.4) is 0 Å². The molecular formula is C17H17N3O2. The van der Waals surface area contributed by atoms with Gasteiger partial charge in [-0.1, -0.05) is 48.0 Å². The van der Waals surface area contributed by atoms with Crippen LogP contribution in [0.4, 0.5) is 5.69 Å². The third-order valence-electron chi connectivity index (χ3n) is 3.03. The molecule has 0 fully saturated rings. The van der Waals surface area contributed by atoms with Crippen molar-refractivity contribution in [3.05, 3.63) is 65.7 Å². The highest BCUT2D eigenvalue weighted by Crippen LogP contribution is 2.08. The van der Waals surface area contributed by atoms with E-state index in [0.717, 1.165) is 11.1 Å². The van der Waals surface area contributed by atoms with Crippen LogP contribution in [0.2, 0.25) is 0 Å². The molecule has 2 N–H and O–H groups in total. The third-order valence-corrected chi connectivity index (χ3v) is 3.03. The summed E-state index contributed by atoms with van der Waals surface area (Å²) in [6.07, 6.45) is 0. The SMILES string of the molecule is CC(=NNC(=O)C(=O)Nc1ccc(C)cc1)c1ccccc1. The molecule has 0 aromatic heterocycles. The molecule has 112 valence electrons. The Morgan fingerprint density at radius 3 is 2.18 bits per heavy atom. The number of benzene rings is 2. The summed E-state index contributed by atoms with van der Waals surface area (Å²) in [6.45, 7) is 3.70. The Labute approximate surface area is 129 Å². The van der Waals surface area contributed by atoms with E-state index in [0.29, 0.717) is 11.4 Å². The van der Waals surface area contributed by atoms with E-state index >= 15 is 0 Å². The molecule has 0 saturated heterocycles. The maximum Gasteiger partial charge on any atom is 0.329 e. The van der Waals surface area contributed by atoms with Crippen molar-refractivity contribution in [2.75, 3.05) is 5.32 Å². The average molecular weight is 295 g/mol. The number of carbonyl (C=O) groups excluding carboxylic acids is 2. The number of hydrazone groups is 1. The molecule has 0 heterocycles. The van der Waals surface area contributed by atoms with Crippen molar-refractivity contribution >= 4 is 23.2 Å². The maximum atomic E-state index is 11.8. The molecule has 0 atom stereocenters. The number of aryl methyl sites for hydroxylation is 1. The van der Waals surface area contributed by atoms with Gasteiger partial charge in [-0.3, -0.25) is 9.59 Å². The van der Waals surface area contributed by atoms with Gasteiger partial charge in [-0.2, -0.15) is 5.10 Å². The summed E-state index contributed by atoms with van der Waals surface area (Å²) < 4.78 is 0. The smallest absolute Gasteiger partial charge is 0.318 e. The second-order valence-corrected chi connectivity index (χ2v) is 4.82. The molecule has 0 aliphatic rings. The van der Waals surface area contributed by atoms with Gasteiger partial charge >= 0.3 is 11.8 Å². The number of carbonyl (C=O) groups is 2. The minimum absolute atomic E-state index is 0.564. The molecule has 0 radical (unpaired) electrons. The quantitative estimate of drug-likeness (QED) is 0.519. The van der Waals surface area contributed by atoms with Crippen molar-refractivity contribution in [1.29, 1.82) is 0 Å². The van der Waals surface area contributed by atoms with Crippen LogP contribution < -0.4 is 10.7 Å². The number of hydrogen-bond acceptors (Lipinski definition) is 3. The monoisotopic (exact) mass is 295 g/mol. The fourth-order valence-electron chi connectivity index (χ4n) is 1.75. The molecule has 2 rings (SSSR count). The number of nitrogens with one attached hydrogen (secondary N) is 2. The van der Waals surface area contributed by atoms with Gasteiger partial charge < -0.3 is 5.32 Å². The van der Waals surface area contributed by atoms with Crippen molar-refractivity contribution in [3.63, 3.8) is 0 Å². The predicted octanol–water partition coefficient (Wildman–Crippen LogP) is 2.47. The zero-order valence-electron chi connectivity index (χ0n) is 12.5. The summed E-state index contributed by atoms with van der Waals surface area (Å²) in [5.74, 6) is -1.57. The number of hydrogen-bond donors (Lipinski definition) is 2. The summed E-state index contributed by atoms with van der Waals surface area (Å²) in [4.78, 5) is 23.5. The van der Waals surface area contributed by atoms with Crippen molar-refractivity contribution in [1.82, 2.24) is 5.43 Å². The molecule has 5 heteroatoms. The highest BCUT2D eigenvalue weighted by atomic mass is 16.2. The van der Waals surface area contributed by atoms with Gasteiger partial charge in [-0.05, 0) is 31.5 Å². The summed E-state index contributed by atoms with van der Waals surface area (Å²) in [7, 11) is 0. The zero-order valence-corrected chi connectivity index (χ0v) is 12.5. The van der Waals surface area contributed by atoms with E-state index in [1.165, 1.54) is 0 Å². The van der Waals surface area contributed by atoms with Crippen LogP contribution in [0.1, 0.15) is 18.1 Å². The molecule has 2 aromatic rings. The van der Waals surface area contributed by atoms with Gasteiger partial charge in [0.15, 0.2) is 0 Å². The predicted molar refractivity (Wildman–Crippen MR) is 86.6 cm³/mol. The number of rotatable bonds is 3. The molecule has 22 heavy (non-hydrogen) atoms. The van der Waals surface area contributed by atoms with Crippen LogP contribution in [0.15, 0.2) is 59.7 Å². The Kier molecular flexibility index (Phi) is 5.03. The Hall–Kier alpha value is -2.95. The Balaban J connectivity index is 1.94. The first kappa shape index (κ1) is 15.4. The topological polar surface area (TPSA) is 70.6 Å². The van der Waals surface area contributed by atoms with Gasteiger partial charge in [0, 0.05) is 5.69 Å². The second-order valence-electron chi connectivity index (χ2n) is 4.82. The van der Waals surface area contributed by atoms with Gasteiger partial charge in [-0.25, -0.2) is 5.43 Å². The summed E-state index contributed by atoms with van der Waals surface area (Å²) in [6, 6.07) is 16.6. The highest BCUT2D eigenvalue weighted by Gasteiger charge is 2.13. The lowest BCUT2D eigenvalue weighted by Gasteiger charge is -2.05. The third kappa shape index (κ3) is 4.28. The van der Waals surface area contributed by atoms with Gasteiger partial charge in [0.05, 0.1) is 5.71 Å². The Bertz CT molecular complexity index is 692. The van der Waals surface area contributed by atoms with Crippen LogP contribution in [0.25, 0.3) is 0 Å². The number of anilines is 1.